The topological polar surface area (TPSA) is 34.1 Å². The predicted molar refractivity (Wildman–Crippen MR) is 60.8 cm³/mol. The largest absolute Gasteiger partial charge is 0.303 e. The molecule has 88 valence electrons. The highest BCUT2D eigenvalue weighted by molar-refractivity contribution is 6.02. The SMILES string of the molecule is CC1(C)C23CCCC2C[C@@]1(C)C(=O)C3C=O. The maximum atomic E-state index is 12.4. The molecular weight excluding hydrogens is 200 g/mol. The van der Waals surface area contributed by atoms with Crippen LogP contribution in [0.15, 0.2) is 0 Å². The van der Waals surface area contributed by atoms with Crippen LogP contribution in [0.3, 0.4) is 0 Å². The van der Waals surface area contributed by atoms with Gasteiger partial charge in [0.1, 0.15) is 12.1 Å². The van der Waals surface area contributed by atoms with E-state index >= 15 is 0 Å². The Morgan fingerprint density at radius 2 is 2.00 bits per heavy atom. The number of carbonyl (C=O) groups excluding carboxylic acids is 2. The summed E-state index contributed by atoms with van der Waals surface area (Å²) in [6.07, 6.45) is 5.46. The van der Waals surface area contributed by atoms with Crippen LogP contribution >= 0.6 is 0 Å². The first kappa shape index (κ1) is 10.5. The van der Waals surface area contributed by atoms with Gasteiger partial charge in [0.25, 0.3) is 0 Å². The average Bonchev–Trinajstić information content (AvgIpc) is 2.72. The van der Waals surface area contributed by atoms with E-state index in [9.17, 15) is 9.59 Å². The molecule has 3 aliphatic carbocycles. The fourth-order valence-corrected chi connectivity index (χ4v) is 5.44. The smallest absolute Gasteiger partial charge is 0.150 e. The van der Waals surface area contributed by atoms with Crippen molar-refractivity contribution >= 4 is 12.1 Å². The van der Waals surface area contributed by atoms with Gasteiger partial charge in [0.05, 0.1) is 5.92 Å². The van der Waals surface area contributed by atoms with Crippen molar-refractivity contribution in [2.75, 3.05) is 0 Å². The summed E-state index contributed by atoms with van der Waals surface area (Å²) in [5.74, 6) is 0.528. The average molecular weight is 220 g/mol. The molecule has 3 fully saturated rings. The van der Waals surface area contributed by atoms with E-state index < -0.39 is 0 Å². The maximum Gasteiger partial charge on any atom is 0.150 e. The monoisotopic (exact) mass is 220 g/mol. The zero-order valence-electron chi connectivity index (χ0n) is 10.4. The van der Waals surface area contributed by atoms with Gasteiger partial charge >= 0.3 is 0 Å². The van der Waals surface area contributed by atoms with Crippen molar-refractivity contribution in [1.29, 1.82) is 0 Å². The van der Waals surface area contributed by atoms with Gasteiger partial charge in [-0.2, -0.15) is 0 Å². The molecule has 0 aromatic heterocycles. The normalized spacial score (nSPS) is 53.1. The van der Waals surface area contributed by atoms with Crippen LogP contribution in [0.25, 0.3) is 0 Å². The number of ketones is 1. The lowest BCUT2D eigenvalue weighted by atomic mass is 9.61. The summed E-state index contributed by atoms with van der Waals surface area (Å²) in [5.41, 5.74) is -0.242. The van der Waals surface area contributed by atoms with E-state index in [-0.39, 0.29) is 27.9 Å². The van der Waals surface area contributed by atoms with Crippen molar-refractivity contribution < 1.29 is 9.59 Å². The van der Waals surface area contributed by atoms with Crippen molar-refractivity contribution in [3.8, 4) is 0 Å². The zero-order chi connectivity index (χ0) is 11.8. The fraction of sp³-hybridized carbons (Fsp3) is 0.857. The Hall–Kier alpha value is -0.660. The summed E-state index contributed by atoms with van der Waals surface area (Å²) >= 11 is 0. The number of rotatable bonds is 1. The molecule has 2 bridgehead atoms. The Labute approximate surface area is 96.8 Å². The molecule has 0 aromatic carbocycles. The number of carbonyl (C=O) groups is 2. The Balaban J connectivity index is 2.25. The highest BCUT2D eigenvalue weighted by Crippen LogP contribution is 2.78. The van der Waals surface area contributed by atoms with Crippen molar-refractivity contribution in [2.45, 2.75) is 46.5 Å². The van der Waals surface area contributed by atoms with E-state index in [2.05, 4.69) is 20.8 Å². The number of Topliss-reactive ketones (excluding diaryl/α,β-unsaturated/α-hetero) is 1. The van der Waals surface area contributed by atoms with Gasteiger partial charge in [-0.05, 0) is 36.0 Å². The van der Waals surface area contributed by atoms with Gasteiger partial charge in [0.15, 0.2) is 0 Å². The van der Waals surface area contributed by atoms with Gasteiger partial charge in [0, 0.05) is 5.41 Å². The standard InChI is InChI=1S/C14H20O2/c1-12(2)13(3)7-9-5-4-6-14(9,12)10(8-15)11(13)16/h8-10H,4-7H2,1-3H3/t9?,10?,13-,14?/m0/s1. The molecule has 16 heavy (non-hydrogen) atoms. The van der Waals surface area contributed by atoms with Crippen LogP contribution in [-0.4, -0.2) is 12.1 Å². The van der Waals surface area contributed by atoms with Gasteiger partial charge in [-0.3, -0.25) is 4.79 Å². The molecule has 0 saturated heterocycles. The maximum absolute atomic E-state index is 12.4. The summed E-state index contributed by atoms with van der Waals surface area (Å²) < 4.78 is 0. The number of fused-ring (bicyclic) bond motifs is 1. The molecule has 0 radical (unpaired) electrons. The van der Waals surface area contributed by atoms with E-state index in [1.165, 1.54) is 12.8 Å². The van der Waals surface area contributed by atoms with Gasteiger partial charge in [-0.15, -0.1) is 0 Å². The van der Waals surface area contributed by atoms with E-state index in [0.717, 1.165) is 19.1 Å². The lowest BCUT2D eigenvalue weighted by molar-refractivity contribution is -0.136. The molecule has 0 aromatic rings. The number of hydrogen-bond donors (Lipinski definition) is 0. The predicted octanol–water partition coefficient (Wildman–Crippen LogP) is 2.61. The molecule has 3 aliphatic rings. The van der Waals surface area contributed by atoms with Gasteiger partial charge < -0.3 is 4.79 Å². The summed E-state index contributed by atoms with van der Waals surface area (Å²) in [6, 6.07) is 0. The van der Waals surface area contributed by atoms with Crippen molar-refractivity contribution in [3.05, 3.63) is 0 Å². The molecule has 3 unspecified atom stereocenters. The summed E-state index contributed by atoms with van der Waals surface area (Å²) in [7, 11) is 0. The van der Waals surface area contributed by atoms with Gasteiger partial charge in [0.2, 0.25) is 0 Å². The van der Waals surface area contributed by atoms with E-state index in [1.807, 2.05) is 0 Å². The third-order valence-electron chi connectivity index (χ3n) is 6.59. The van der Waals surface area contributed by atoms with Crippen LogP contribution in [0.4, 0.5) is 0 Å². The lowest BCUT2D eigenvalue weighted by Gasteiger charge is -2.41. The van der Waals surface area contributed by atoms with E-state index in [1.54, 1.807) is 0 Å². The molecule has 0 amide bonds. The van der Waals surface area contributed by atoms with Crippen LogP contribution in [-0.2, 0) is 9.59 Å². The second kappa shape index (κ2) is 2.60. The first-order valence-electron chi connectivity index (χ1n) is 6.41. The highest BCUT2D eigenvalue weighted by Gasteiger charge is 2.78. The van der Waals surface area contributed by atoms with Crippen molar-refractivity contribution in [3.63, 3.8) is 0 Å². The summed E-state index contributed by atoms with van der Waals surface area (Å²) in [5, 5.41) is 0. The van der Waals surface area contributed by atoms with Crippen LogP contribution in [0.2, 0.25) is 0 Å². The molecule has 2 heteroatoms. The second-order valence-corrected chi connectivity index (χ2v) is 6.77. The zero-order valence-corrected chi connectivity index (χ0v) is 10.4. The van der Waals surface area contributed by atoms with Crippen LogP contribution < -0.4 is 0 Å². The molecule has 3 rings (SSSR count). The lowest BCUT2D eigenvalue weighted by Crippen LogP contribution is -2.39. The number of aldehydes is 1. The first-order chi connectivity index (χ1) is 7.42. The Morgan fingerprint density at radius 3 is 2.62 bits per heavy atom. The molecular formula is C14H20O2. The Bertz CT molecular complexity index is 384. The molecule has 3 saturated carbocycles. The quantitative estimate of drug-likeness (QED) is 0.503. The third kappa shape index (κ3) is 0.714. The van der Waals surface area contributed by atoms with E-state index in [0.29, 0.717) is 5.92 Å². The molecule has 1 spiro atoms. The van der Waals surface area contributed by atoms with Gasteiger partial charge in [-0.25, -0.2) is 0 Å². The molecule has 0 N–H and O–H groups in total. The van der Waals surface area contributed by atoms with Crippen LogP contribution in [0, 0.1) is 28.1 Å². The fourth-order valence-electron chi connectivity index (χ4n) is 5.44. The summed E-state index contributed by atoms with van der Waals surface area (Å²) in [4.78, 5) is 23.8. The van der Waals surface area contributed by atoms with Crippen molar-refractivity contribution in [1.82, 2.24) is 0 Å². The summed E-state index contributed by atoms with van der Waals surface area (Å²) in [6.45, 7) is 6.54. The molecule has 4 atom stereocenters. The molecule has 2 nitrogen and oxygen atoms in total. The second-order valence-electron chi connectivity index (χ2n) is 6.77. The van der Waals surface area contributed by atoms with Crippen LogP contribution in [0.5, 0.6) is 0 Å². The molecule has 0 aliphatic heterocycles. The minimum Gasteiger partial charge on any atom is -0.303 e. The minimum absolute atomic E-state index is 0.000579. The van der Waals surface area contributed by atoms with Crippen LogP contribution in [0.1, 0.15) is 46.5 Å². The highest BCUT2D eigenvalue weighted by atomic mass is 16.1. The third-order valence-corrected chi connectivity index (χ3v) is 6.59. The Morgan fingerprint density at radius 1 is 1.31 bits per heavy atom. The first-order valence-corrected chi connectivity index (χ1v) is 6.41. The molecule has 0 heterocycles. The van der Waals surface area contributed by atoms with Crippen molar-refractivity contribution in [2.24, 2.45) is 28.1 Å². The van der Waals surface area contributed by atoms with Gasteiger partial charge in [-0.1, -0.05) is 27.2 Å². The minimum atomic E-state index is -0.311. The Kier molecular flexibility index (Phi) is 1.70. The number of hydrogen-bond acceptors (Lipinski definition) is 2. The van der Waals surface area contributed by atoms with E-state index in [4.69, 9.17) is 0 Å².